The zero-order valence-electron chi connectivity index (χ0n) is 51.4. The molecule has 8 rings (SSSR count). The standard InChI is InChI=1S/C55H54N3O.Pt/c1-35-23-25-36(26-24-35)38-27-28-56-47(32-38)40-29-39(30-41(31-40)53(2,3)4)44-20-16-22-49-50(44)57-52(45-33-42(54(5,6)7)34-46(51(45)59)55(8,9)10)58(49)48-21-15-14-19-43(48)37-17-12-11-13-18-37;/h11-28,30-34,59H,1-10H3;/q-1;/i5D3,6D3,7D3,8D3,9D3,10D3;. The maximum atomic E-state index is 12.9. The van der Waals surface area contributed by atoms with Crippen LogP contribution in [0.5, 0.6) is 5.75 Å². The van der Waals surface area contributed by atoms with Gasteiger partial charge < -0.3 is 5.11 Å². The largest absolute Gasteiger partial charge is 0.507 e. The molecule has 0 saturated heterocycles. The monoisotopic (exact) mass is 986 g/mol. The van der Waals surface area contributed by atoms with E-state index in [0.29, 0.717) is 51.3 Å². The number of hydrogen-bond acceptors (Lipinski definition) is 3. The van der Waals surface area contributed by atoms with Gasteiger partial charge in [-0.05, 0) is 69.7 Å². The Morgan fingerprint density at radius 1 is 0.600 bits per heavy atom. The molecule has 1 N–H and O–H groups in total. The predicted molar refractivity (Wildman–Crippen MR) is 247 cm³/mol. The maximum Gasteiger partial charge on any atom is 0.148 e. The van der Waals surface area contributed by atoms with E-state index in [2.05, 4.69) is 6.07 Å². The van der Waals surface area contributed by atoms with Gasteiger partial charge in [0.15, 0.2) is 0 Å². The number of para-hydroxylation sites is 2. The summed E-state index contributed by atoms with van der Waals surface area (Å²) in [7, 11) is 0. The van der Waals surface area contributed by atoms with E-state index in [1.54, 1.807) is 66.9 Å². The van der Waals surface area contributed by atoms with Crippen molar-refractivity contribution in [1.29, 1.82) is 0 Å². The summed E-state index contributed by atoms with van der Waals surface area (Å²) in [5, 5.41) is 12.9. The first kappa shape index (κ1) is 25.3. The van der Waals surface area contributed by atoms with Crippen LogP contribution in [-0.4, -0.2) is 19.6 Å². The number of phenols is 1. The Labute approximate surface area is 396 Å². The van der Waals surface area contributed by atoms with Gasteiger partial charge in [-0.1, -0.05) is 176 Å². The Balaban J connectivity index is 0.00000882. The molecule has 6 aromatic carbocycles. The minimum absolute atomic E-state index is 0. The summed E-state index contributed by atoms with van der Waals surface area (Å²) < 4.78 is 158. The fourth-order valence-electron chi connectivity index (χ4n) is 7.37. The number of imidazole rings is 1. The first-order valence-corrected chi connectivity index (χ1v) is 19.1. The van der Waals surface area contributed by atoms with E-state index in [9.17, 15) is 5.11 Å². The van der Waals surface area contributed by atoms with E-state index in [0.717, 1.165) is 22.3 Å². The molecule has 0 saturated carbocycles. The van der Waals surface area contributed by atoms with E-state index in [-0.39, 0.29) is 32.1 Å². The normalized spacial score (nSPS) is 17.8. The topological polar surface area (TPSA) is 50.9 Å². The SMILES string of the molecule is [2H]C([2H])([2H])C(c1cc(-c2nc3c(-c4[c-]c(-c5cc(-c6ccc(C)cc6)ccn5)cc(C(C)(C)C)c4)cccc3n2-c2ccccc2-c2ccccc2)c(O)c(C(C([2H])([2H])[2H])(C([2H])([2H])[2H])C([2H])([2H])[2H])c1)(C([2H])([2H])[2H])C([2H])([2H])[2H].[Pt]. The molecule has 0 fully saturated rings. The van der Waals surface area contributed by atoms with Crippen molar-refractivity contribution < 1.29 is 50.8 Å². The fraction of sp³-hybridized carbons (Fsp3) is 0.236. The van der Waals surface area contributed by atoms with Crippen LogP contribution in [0.1, 0.15) is 109 Å². The summed E-state index contributed by atoms with van der Waals surface area (Å²) in [4.78, 5) is 9.89. The van der Waals surface area contributed by atoms with Crippen molar-refractivity contribution >= 4 is 11.0 Å². The van der Waals surface area contributed by atoms with Gasteiger partial charge in [-0.25, -0.2) is 4.98 Å². The summed E-state index contributed by atoms with van der Waals surface area (Å²) in [6.07, 6.45) is 1.70. The van der Waals surface area contributed by atoms with Gasteiger partial charge in [-0.2, -0.15) is 0 Å². The zero-order chi connectivity index (χ0) is 56.9. The molecule has 2 aromatic heterocycles. The van der Waals surface area contributed by atoms with Gasteiger partial charge in [-0.15, -0.1) is 29.3 Å². The number of aromatic hydroxyl groups is 1. The number of aryl methyl sites for hydroxylation is 1. The number of pyridine rings is 1. The minimum atomic E-state index is -4.13. The molecule has 5 heteroatoms. The van der Waals surface area contributed by atoms with Crippen molar-refractivity contribution in [3.8, 4) is 67.5 Å². The number of fused-ring (bicyclic) bond motifs is 1. The van der Waals surface area contributed by atoms with Crippen molar-refractivity contribution in [3.63, 3.8) is 0 Å². The molecule has 4 nitrogen and oxygen atoms in total. The molecule has 306 valence electrons. The van der Waals surface area contributed by atoms with Crippen LogP contribution < -0.4 is 0 Å². The second-order valence-electron chi connectivity index (χ2n) is 16.0. The molecule has 0 bridgehead atoms. The van der Waals surface area contributed by atoms with Gasteiger partial charge in [0.05, 0.1) is 22.3 Å². The molecule has 2 heterocycles. The van der Waals surface area contributed by atoms with E-state index in [1.165, 1.54) is 4.57 Å². The van der Waals surface area contributed by atoms with Crippen LogP contribution in [0.3, 0.4) is 0 Å². The number of hydrogen-bond donors (Lipinski definition) is 1. The van der Waals surface area contributed by atoms with Crippen molar-refractivity contribution in [1.82, 2.24) is 14.5 Å². The summed E-state index contributed by atoms with van der Waals surface area (Å²) in [5.41, 5.74) is -4.23. The average Bonchev–Trinajstić information content (AvgIpc) is 3.86. The summed E-state index contributed by atoms with van der Waals surface area (Å²) in [5.74, 6) is -1.77. The third-order valence-electron chi connectivity index (χ3n) is 10.5. The molecule has 0 atom stereocenters. The molecule has 0 aliphatic heterocycles. The molecular formula is C55H54N3OPt-. The first-order valence-electron chi connectivity index (χ1n) is 28.1. The van der Waals surface area contributed by atoms with Crippen LogP contribution in [0.2, 0.25) is 0 Å². The van der Waals surface area contributed by atoms with E-state index in [4.69, 9.17) is 34.6 Å². The van der Waals surface area contributed by atoms with Crippen LogP contribution in [-0.2, 0) is 37.3 Å². The van der Waals surface area contributed by atoms with Gasteiger partial charge in [0, 0.05) is 68.8 Å². The third kappa shape index (κ3) is 8.28. The number of nitrogens with zero attached hydrogens (tertiary/aromatic N) is 3. The molecule has 0 aliphatic rings. The predicted octanol–water partition coefficient (Wildman–Crippen LogP) is 14.5. The Bertz CT molecular complexity index is 3440. The summed E-state index contributed by atoms with van der Waals surface area (Å²) in [6.45, 7) is -16.4. The molecule has 0 radical (unpaired) electrons. The molecule has 60 heavy (non-hydrogen) atoms. The maximum absolute atomic E-state index is 12.9. The molecule has 8 aromatic rings. The van der Waals surface area contributed by atoms with Gasteiger partial charge >= 0.3 is 0 Å². The Morgan fingerprint density at radius 2 is 1.27 bits per heavy atom. The molecule has 0 amide bonds. The molecule has 0 spiro atoms. The molecule has 0 unspecified atom stereocenters. The van der Waals surface area contributed by atoms with Crippen LogP contribution in [0, 0.1) is 13.0 Å². The van der Waals surface area contributed by atoms with Crippen LogP contribution in [0.25, 0.3) is 72.7 Å². The number of phenolic OH excluding ortho intramolecular Hbond substituents is 1. The van der Waals surface area contributed by atoms with Crippen molar-refractivity contribution in [3.05, 3.63) is 168 Å². The molecular weight excluding hydrogens is 914 g/mol. The van der Waals surface area contributed by atoms with Crippen LogP contribution in [0.15, 0.2) is 140 Å². The average molecular weight is 986 g/mol. The second kappa shape index (κ2) is 16.1. The van der Waals surface area contributed by atoms with E-state index < -0.39 is 85.6 Å². The van der Waals surface area contributed by atoms with Gasteiger partial charge in [0.2, 0.25) is 0 Å². The third-order valence-corrected chi connectivity index (χ3v) is 10.5. The number of benzene rings is 6. The van der Waals surface area contributed by atoms with Gasteiger partial charge in [0.25, 0.3) is 0 Å². The van der Waals surface area contributed by atoms with Crippen LogP contribution >= 0.6 is 0 Å². The second-order valence-corrected chi connectivity index (χ2v) is 16.0. The first-order chi connectivity index (χ1) is 35.5. The van der Waals surface area contributed by atoms with Gasteiger partial charge in [-0.3, -0.25) is 9.55 Å². The van der Waals surface area contributed by atoms with Crippen LogP contribution in [0.4, 0.5) is 0 Å². The Hall–Kier alpha value is -5.57. The quantitative estimate of drug-likeness (QED) is 0.169. The van der Waals surface area contributed by atoms with Crippen molar-refractivity contribution in [2.45, 2.75) is 85.1 Å². The summed E-state index contributed by atoms with van der Waals surface area (Å²) >= 11 is 0. The zero-order valence-corrected chi connectivity index (χ0v) is 35.7. The minimum Gasteiger partial charge on any atom is -0.507 e. The van der Waals surface area contributed by atoms with E-state index >= 15 is 0 Å². The number of rotatable bonds is 6. The Kier molecular flexibility index (Phi) is 6.79. The molecule has 0 aliphatic carbocycles. The van der Waals surface area contributed by atoms with Crippen molar-refractivity contribution in [2.24, 2.45) is 0 Å². The smallest absolute Gasteiger partial charge is 0.148 e. The van der Waals surface area contributed by atoms with Crippen molar-refractivity contribution in [2.75, 3.05) is 0 Å². The Morgan fingerprint density at radius 3 is 1.98 bits per heavy atom. The summed E-state index contributed by atoms with van der Waals surface area (Å²) in [6, 6.07) is 41.3. The van der Waals surface area contributed by atoms with Gasteiger partial charge in [0.1, 0.15) is 11.6 Å². The van der Waals surface area contributed by atoms with E-state index in [1.807, 2.05) is 88.4 Å². The fourth-order valence-corrected chi connectivity index (χ4v) is 7.37. The number of aromatic nitrogens is 3.